The van der Waals surface area contributed by atoms with E-state index in [0.29, 0.717) is 12.2 Å². The maximum absolute atomic E-state index is 12.0. The van der Waals surface area contributed by atoms with E-state index in [1.54, 1.807) is 18.7 Å². The van der Waals surface area contributed by atoms with Crippen LogP contribution in [0.15, 0.2) is 11.1 Å². The molecule has 96 valence electrons. The Hall–Kier alpha value is -0.920. The van der Waals surface area contributed by atoms with Crippen molar-refractivity contribution >= 4 is 10.0 Å². The van der Waals surface area contributed by atoms with Crippen molar-refractivity contribution in [1.29, 1.82) is 0 Å². The van der Waals surface area contributed by atoms with Gasteiger partial charge in [-0.2, -0.15) is 5.10 Å². The third-order valence-electron chi connectivity index (χ3n) is 3.00. The molecule has 17 heavy (non-hydrogen) atoms. The predicted octanol–water partition coefficient (Wildman–Crippen LogP) is 0.186. The number of aryl methyl sites for hydroxylation is 1. The monoisotopic (exact) mass is 259 g/mol. The fourth-order valence-corrected chi connectivity index (χ4v) is 3.10. The second kappa shape index (κ2) is 4.75. The molecule has 0 radical (unpaired) electrons. The van der Waals surface area contributed by atoms with E-state index in [0.717, 1.165) is 19.4 Å². The fraction of sp³-hybridized carbons (Fsp3) is 0.700. The van der Waals surface area contributed by atoms with Crippen molar-refractivity contribution in [3.63, 3.8) is 0 Å². The van der Waals surface area contributed by atoms with Gasteiger partial charge in [-0.05, 0) is 19.8 Å². The molecule has 1 aromatic heterocycles. The lowest BCUT2D eigenvalue weighted by atomic mass is 10.2. The van der Waals surface area contributed by atoms with E-state index in [4.69, 9.17) is 4.74 Å². The average Bonchev–Trinajstić information content (AvgIpc) is 2.88. The molecule has 2 rings (SSSR count). The first-order valence-corrected chi connectivity index (χ1v) is 7.09. The second-order valence-corrected chi connectivity index (χ2v) is 5.94. The summed E-state index contributed by atoms with van der Waals surface area (Å²) in [4.78, 5) is 0.234. The molecule has 6 nitrogen and oxygen atoms in total. The Morgan fingerprint density at radius 1 is 1.65 bits per heavy atom. The smallest absolute Gasteiger partial charge is 0.244 e. The van der Waals surface area contributed by atoms with Crippen molar-refractivity contribution in [2.75, 3.05) is 13.2 Å². The predicted molar refractivity (Wildman–Crippen MR) is 62.1 cm³/mol. The second-order valence-electron chi connectivity index (χ2n) is 4.20. The van der Waals surface area contributed by atoms with Crippen LogP contribution in [0.25, 0.3) is 0 Å². The molecule has 1 atom stereocenters. The molecule has 0 unspecified atom stereocenters. The number of nitrogens with zero attached hydrogens (tertiary/aromatic N) is 2. The topological polar surface area (TPSA) is 73.2 Å². The highest BCUT2D eigenvalue weighted by Crippen LogP contribution is 2.15. The summed E-state index contributed by atoms with van der Waals surface area (Å²) in [5.41, 5.74) is 0.629. The molecule has 2 heterocycles. The van der Waals surface area contributed by atoms with E-state index in [1.165, 1.54) is 6.20 Å². The molecule has 0 aromatic carbocycles. The normalized spacial score (nSPS) is 20.9. The fourth-order valence-electron chi connectivity index (χ4n) is 1.83. The Balaban J connectivity index is 2.05. The summed E-state index contributed by atoms with van der Waals surface area (Å²) in [6, 6.07) is 0. The zero-order chi connectivity index (χ0) is 12.5. The van der Waals surface area contributed by atoms with E-state index < -0.39 is 10.0 Å². The van der Waals surface area contributed by atoms with E-state index in [9.17, 15) is 8.42 Å². The summed E-state index contributed by atoms with van der Waals surface area (Å²) < 4.78 is 33.5. The van der Waals surface area contributed by atoms with Gasteiger partial charge < -0.3 is 4.74 Å². The molecule has 1 aliphatic rings. The van der Waals surface area contributed by atoms with Crippen LogP contribution in [0.4, 0.5) is 0 Å². The molecule has 1 aliphatic heterocycles. The maximum atomic E-state index is 12.0. The average molecular weight is 259 g/mol. The van der Waals surface area contributed by atoms with Crippen molar-refractivity contribution in [3.05, 3.63) is 11.9 Å². The van der Waals surface area contributed by atoms with Gasteiger partial charge in [-0.15, -0.1) is 0 Å². The third-order valence-corrected chi connectivity index (χ3v) is 4.53. The molecule has 1 saturated heterocycles. The highest BCUT2D eigenvalue weighted by Gasteiger charge is 2.23. The van der Waals surface area contributed by atoms with E-state index in [-0.39, 0.29) is 11.0 Å². The summed E-state index contributed by atoms with van der Waals surface area (Å²) in [5.74, 6) is 0. The van der Waals surface area contributed by atoms with Crippen LogP contribution in [0.3, 0.4) is 0 Å². The number of nitrogens with one attached hydrogen (secondary N) is 1. The van der Waals surface area contributed by atoms with Crippen molar-refractivity contribution in [1.82, 2.24) is 14.5 Å². The van der Waals surface area contributed by atoms with Gasteiger partial charge in [0.25, 0.3) is 0 Å². The van der Waals surface area contributed by atoms with Gasteiger partial charge in [-0.25, -0.2) is 13.1 Å². The van der Waals surface area contributed by atoms with Crippen LogP contribution in [0, 0.1) is 6.92 Å². The quantitative estimate of drug-likeness (QED) is 0.837. The molecular formula is C10H17N3O3S. The summed E-state index contributed by atoms with van der Waals surface area (Å²) in [6.45, 7) is 2.78. The van der Waals surface area contributed by atoms with Crippen LogP contribution in [-0.4, -0.2) is 37.5 Å². The van der Waals surface area contributed by atoms with Gasteiger partial charge in [-0.3, -0.25) is 4.68 Å². The molecule has 0 saturated carbocycles. The Bertz CT molecular complexity index is 489. The minimum absolute atomic E-state index is 0.00162. The number of aromatic nitrogens is 2. The van der Waals surface area contributed by atoms with Crippen molar-refractivity contribution in [2.24, 2.45) is 7.05 Å². The van der Waals surface area contributed by atoms with Crippen molar-refractivity contribution in [3.8, 4) is 0 Å². The van der Waals surface area contributed by atoms with Crippen LogP contribution >= 0.6 is 0 Å². The highest BCUT2D eigenvalue weighted by atomic mass is 32.2. The number of hydrogen-bond donors (Lipinski definition) is 1. The lowest BCUT2D eigenvalue weighted by Crippen LogP contribution is -2.32. The number of sulfonamides is 1. The largest absolute Gasteiger partial charge is 0.377 e. The van der Waals surface area contributed by atoms with Gasteiger partial charge in [0.05, 0.1) is 18.0 Å². The molecule has 1 N–H and O–H groups in total. The first-order valence-electron chi connectivity index (χ1n) is 5.60. The first kappa shape index (κ1) is 12.5. The van der Waals surface area contributed by atoms with Crippen LogP contribution in [-0.2, 0) is 21.8 Å². The SMILES string of the molecule is Cc1c(S(=O)(=O)NC[C@@H]2CCCO2)cnn1C. The Labute approximate surface area is 101 Å². The lowest BCUT2D eigenvalue weighted by Gasteiger charge is -2.10. The van der Waals surface area contributed by atoms with Crippen LogP contribution in [0.2, 0.25) is 0 Å². The van der Waals surface area contributed by atoms with Gasteiger partial charge in [0.15, 0.2) is 0 Å². The van der Waals surface area contributed by atoms with Gasteiger partial charge in [0, 0.05) is 20.2 Å². The molecule has 1 fully saturated rings. The minimum atomic E-state index is -3.47. The van der Waals surface area contributed by atoms with Crippen molar-refractivity contribution < 1.29 is 13.2 Å². The molecule has 7 heteroatoms. The lowest BCUT2D eigenvalue weighted by molar-refractivity contribution is 0.114. The van der Waals surface area contributed by atoms with Crippen LogP contribution in [0.1, 0.15) is 18.5 Å². The Morgan fingerprint density at radius 3 is 2.94 bits per heavy atom. The van der Waals surface area contributed by atoms with Gasteiger partial charge in [0.2, 0.25) is 10.0 Å². The molecule has 0 aliphatic carbocycles. The molecule has 0 bridgehead atoms. The van der Waals surface area contributed by atoms with E-state index in [2.05, 4.69) is 9.82 Å². The highest BCUT2D eigenvalue weighted by molar-refractivity contribution is 7.89. The number of rotatable bonds is 4. The van der Waals surface area contributed by atoms with Crippen molar-refractivity contribution in [2.45, 2.75) is 30.8 Å². The standard InChI is InChI=1S/C10H17N3O3S/c1-8-10(7-11-13(8)2)17(14,15)12-6-9-4-3-5-16-9/h7,9,12H,3-6H2,1-2H3/t9-/m0/s1. The number of ether oxygens (including phenoxy) is 1. The molecule has 0 amide bonds. The van der Waals surface area contributed by atoms with Crippen LogP contribution < -0.4 is 4.72 Å². The zero-order valence-corrected chi connectivity index (χ0v) is 10.8. The molecule has 1 aromatic rings. The first-order chi connectivity index (χ1) is 8.00. The Morgan fingerprint density at radius 2 is 2.41 bits per heavy atom. The maximum Gasteiger partial charge on any atom is 0.244 e. The zero-order valence-electron chi connectivity index (χ0n) is 10.0. The van der Waals surface area contributed by atoms with Gasteiger partial charge >= 0.3 is 0 Å². The Kier molecular flexibility index (Phi) is 3.50. The minimum Gasteiger partial charge on any atom is -0.377 e. The molecular weight excluding hydrogens is 242 g/mol. The summed E-state index contributed by atoms with van der Waals surface area (Å²) in [6.07, 6.45) is 3.28. The van der Waals surface area contributed by atoms with Gasteiger partial charge in [-0.1, -0.05) is 0 Å². The summed E-state index contributed by atoms with van der Waals surface area (Å²) in [7, 11) is -1.75. The van der Waals surface area contributed by atoms with E-state index >= 15 is 0 Å². The molecule has 0 spiro atoms. The third kappa shape index (κ3) is 2.67. The summed E-state index contributed by atoms with van der Waals surface area (Å²) >= 11 is 0. The van der Waals surface area contributed by atoms with E-state index in [1.807, 2.05) is 0 Å². The van der Waals surface area contributed by atoms with Gasteiger partial charge in [0.1, 0.15) is 4.90 Å². The summed E-state index contributed by atoms with van der Waals surface area (Å²) in [5, 5.41) is 3.93. The van der Waals surface area contributed by atoms with Crippen LogP contribution in [0.5, 0.6) is 0 Å². The number of hydrogen-bond acceptors (Lipinski definition) is 4.